The number of rotatable bonds is 3. The fourth-order valence-corrected chi connectivity index (χ4v) is 4.09. The van der Waals surface area contributed by atoms with Crippen LogP contribution in [0.25, 0.3) is 0 Å². The zero-order valence-electron chi connectivity index (χ0n) is 10.5. The molecule has 130 valence electrons. The van der Waals surface area contributed by atoms with Crippen LogP contribution in [0.4, 0.5) is 39.5 Å². The van der Waals surface area contributed by atoms with E-state index in [2.05, 4.69) is 0 Å². The van der Waals surface area contributed by atoms with Gasteiger partial charge in [0.1, 0.15) is 6.07 Å². The van der Waals surface area contributed by atoms with Gasteiger partial charge >= 0.3 is 23.3 Å². The van der Waals surface area contributed by atoms with Crippen molar-refractivity contribution < 1.29 is 47.9 Å². The molecule has 14 heteroatoms. The molecule has 0 saturated carbocycles. The first-order chi connectivity index (χ1) is 9.39. The molecule has 0 aliphatic heterocycles. The van der Waals surface area contributed by atoms with E-state index < -0.39 is 47.8 Å². The van der Waals surface area contributed by atoms with Gasteiger partial charge in [-0.3, -0.25) is 0 Å². The van der Waals surface area contributed by atoms with Crippen molar-refractivity contribution in [3.05, 3.63) is 0 Å². The van der Waals surface area contributed by atoms with Crippen molar-refractivity contribution in [2.75, 3.05) is 12.5 Å². The largest absolute Gasteiger partial charge is 0.460 e. The number of hydrogen-bond acceptors (Lipinski definition) is 3. The van der Waals surface area contributed by atoms with Crippen molar-refractivity contribution in [2.24, 2.45) is 0 Å². The topological polar surface area (TPSA) is 57.9 Å². The summed E-state index contributed by atoms with van der Waals surface area (Å²) in [6, 6.07) is 0.612. The molecule has 0 radical (unpaired) electrons. The third-order valence-electron chi connectivity index (χ3n) is 2.16. The second-order valence-electron chi connectivity index (χ2n) is 3.88. The van der Waals surface area contributed by atoms with Crippen molar-refractivity contribution in [1.82, 2.24) is 0 Å². The Morgan fingerprint density at radius 2 is 1.27 bits per heavy atom. The number of nitrogens with zero attached hydrogens (tertiary/aromatic N) is 1. The summed E-state index contributed by atoms with van der Waals surface area (Å²) in [6.45, 7) is 0. The molecule has 0 bridgehead atoms. The van der Waals surface area contributed by atoms with Crippen LogP contribution in [0.5, 0.6) is 0 Å². The summed E-state index contributed by atoms with van der Waals surface area (Å²) in [5.41, 5.74) is 0. The van der Waals surface area contributed by atoms with Crippen LogP contribution < -0.4 is 0 Å². The van der Waals surface area contributed by atoms with Crippen LogP contribution in [0, 0.1) is 11.3 Å². The Kier molecular flexibility index (Phi) is 5.34. The van der Waals surface area contributed by atoms with E-state index in [4.69, 9.17) is 5.26 Å². The number of hydrogen-bond donors (Lipinski definition) is 0. The highest BCUT2D eigenvalue weighted by atomic mass is 32.3. The molecule has 0 heterocycles. The molecule has 0 aliphatic carbocycles. The smallest absolute Gasteiger partial charge is 0.216 e. The second kappa shape index (κ2) is 5.59. The van der Waals surface area contributed by atoms with E-state index in [1.54, 1.807) is 0 Å². The summed E-state index contributed by atoms with van der Waals surface area (Å²) in [4.78, 5) is 0. The van der Waals surface area contributed by atoms with Crippen LogP contribution in [0.15, 0.2) is 0 Å². The maximum absolute atomic E-state index is 13.3. The van der Waals surface area contributed by atoms with E-state index in [1.165, 1.54) is 0 Å². The van der Waals surface area contributed by atoms with Crippen LogP contribution in [0.3, 0.4) is 0 Å². The Bertz CT molecular complexity index is 623. The lowest BCUT2D eigenvalue weighted by atomic mass is 10.1. The first-order valence-electron chi connectivity index (χ1n) is 4.69. The maximum Gasteiger partial charge on any atom is 0.460 e. The van der Waals surface area contributed by atoms with Crippen LogP contribution in [-0.2, 0) is 9.84 Å². The van der Waals surface area contributed by atoms with Gasteiger partial charge in [-0.15, -0.1) is 0 Å². The number of sulfone groups is 1. The fraction of sp³-hybridized carbons (Fsp3) is 0.750. The lowest BCUT2D eigenvalue weighted by Crippen LogP contribution is -2.64. The summed E-state index contributed by atoms with van der Waals surface area (Å²) in [5, 5.41) is 1.53. The highest BCUT2D eigenvalue weighted by molar-refractivity contribution is 8.31. The molecular formula is C8H6F9NO2S2. The molecule has 0 rings (SSSR count). The molecule has 0 fully saturated rings. The van der Waals surface area contributed by atoms with Crippen LogP contribution in [-0.4, -0.2) is 48.4 Å². The second-order valence-corrected chi connectivity index (χ2v) is 8.11. The van der Waals surface area contributed by atoms with Crippen LogP contribution in [0.2, 0.25) is 0 Å². The molecule has 0 N–H and O–H groups in total. The predicted octanol–water partition coefficient (Wildman–Crippen LogP) is 3.01. The zero-order valence-corrected chi connectivity index (χ0v) is 12.1. The monoisotopic (exact) mass is 383 g/mol. The van der Waals surface area contributed by atoms with Gasteiger partial charge < -0.3 is 0 Å². The molecule has 3 nitrogen and oxygen atoms in total. The summed E-state index contributed by atoms with van der Waals surface area (Å²) in [6.07, 6.45) is -5.54. The van der Waals surface area contributed by atoms with Gasteiger partial charge in [0.05, 0.1) is 0 Å². The average molecular weight is 383 g/mol. The van der Waals surface area contributed by atoms with Crippen molar-refractivity contribution >= 4 is 24.5 Å². The van der Waals surface area contributed by atoms with Gasteiger partial charge in [0.25, 0.3) is 9.84 Å². The van der Waals surface area contributed by atoms with Crippen LogP contribution in [0.1, 0.15) is 0 Å². The first-order valence-corrected chi connectivity index (χ1v) is 8.21. The van der Waals surface area contributed by atoms with E-state index in [0.717, 1.165) is 12.5 Å². The minimum Gasteiger partial charge on any atom is -0.216 e. The summed E-state index contributed by atoms with van der Waals surface area (Å²) >= 11 is 0. The third-order valence-corrected chi connectivity index (χ3v) is 6.16. The van der Waals surface area contributed by atoms with Gasteiger partial charge in [-0.1, -0.05) is 0 Å². The molecule has 0 aromatic rings. The average Bonchev–Trinajstić information content (AvgIpc) is 2.26. The molecule has 0 saturated heterocycles. The van der Waals surface area contributed by atoms with E-state index in [1.807, 2.05) is 0 Å². The van der Waals surface area contributed by atoms with Gasteiger partial charge in [-0.25, -0.2) is 8.42 Å². The summed E-state index contributed by atoms with van der Waals surface area (Å²) in [5.74, 6) is -14.7. The lowest BCUT2D eigenvalue weighted by Gasteiger charge is -2.32. The molecule has 0 atom stereocenters. The lowest BCUT2D eigenvalue weighted by molar-refractivity contribution is -0.382. The van der Waals surface area contributed by atoms with Gasteiger partial charge in [0.2, 0.25) is 0 Å². The maximum atomic E-state index is 13.3. The van der Waals surface area contributed by atoms with Crippen molar-refractivity contribution in [3.63, 3.8) is 0 Å². The Morgan fingerprint density at radius 1 is 0.909 bits per heavy atom. The number of halogens is 9. The molecule has 0 aromatic heterocycles. The van der Waals surface area contributed by atoms with Crippen molar-refractivity contribution in [2.45, 2.75) is 23.3 Å². The van der Waals surface area contributed by atoms with Crippen molar-refractivity contribution in [1.29, 1.82) is 5.26 Å². The van der Waals surface area contributed by atoms with Crippen molar-refractivity contribution in [3.8, 4) is 6.07 Å². The molecule has 0 aliphatic rings. The van der Waals surface area contributed by atoms with Gasteiger partial charge in [0, 0.05) is 0 Å². The fourth-order valence-electron chi connectivity index (χ4n) is 1.02. The third kappa shape index (κ3) is 2.80. The highest BCUT2D eigenvalue weighted by Crippen LogP contribution is 2.55. The molecule has 22 heavy (non-hydrogen) atoms. The molecule has 0 unspecified atom stereocenters. The first kappa shape index (κ1) is 21.0. The van der Waals surface area contributed by atoms with Gasteiger partial charge in [0.15, 0.2) is 4.20 Å². The quantitative estimate of drug-likeness (QED) is 0.556. The Hall–Kier alpha value is -0.970. The Balaban J connectivity index is 6.51. The van der Waals surface area contributed by atoms with E-state index >= 15 is 0 Å². The Morgan fingerprint density at radius 3 is 1.50 bits per heavy atom. The molecule has 0 spiro atoms. The van der Waals surface area contributed by atoms with E-state index in [0.29, 0.717) is 6.07 Å². The normalized spacial score (nSPS) is 14.9. The minimum absolute atomic E-state index is 0.612. The standard InChI is InChI=1S/C8H6F9NO2S2/c1-21(2)4(3-18)22(19,20)8(16,17)6(11,12)5(9,10)7(13,14)15/h1-2H3. The number of nitriles is 1. The number of alkyl halides is 9. The predicted molar refractivity (Wildman–Crippen MR) is 59.9 cm³/mol. The van der Waals surface area contributed by atoms with Gasteiger partial charge in [-0.2, -0.15) is 55.3 Å². The Labute approximate surface area is 120 Å². The summed E-state index contributed by atoms with van der Waals surface area (Å²) < 4.78 is 134. The van der Waals surface area contributed by atoms with Gasteiger partial charge in [-0.05, 0) is 12.5 Å². The zero-order chi connectivity index (χ0) is 18.4. The highest BCUT2D eigenvalue weighted by Gasteiger charge is 2.85. The minimum atomic E-state index is -7.34. The molecule has 0 amide bonds. The van der Waals surface area contributed by atoms with E-state index in [9.17, 15) is 47.9 Å². The molecule has 0 aromatic carbocycles. The van der Waals surface area contributed by atoms with Crippen LogP contribution >= 0.6 is 10.5 Å². The molecular weight excluding hydrogens is 377 g/mol. The van der Waals surface area contributed by atoms with E-state index in [-0.39, 0.29) is 0 Å². The SMILES string of the molecule is CS(C)=C(C#N)S(=O)(=O)C(F)(F)C(F)(F)C(F)(F)C(F)(F)F. The summed E-state index contributed by atoms with van der Waals surface area (Å²) in [7, 11) is -8.67.